The van der Waals surface area contributed by atoms with Crippen molar-refractivity contribution in [3.63, 3.8) is 0 Å². The molecule has 5 nitrogen and oxygen atoms in total. The van der Waals surface area contributed by atoms with Crippen LogP contribution >= 0.6 is 0 Å². The Morgan fingerprint density at radius 1 is 0.815 bits per heavy atom. The highest BCUT2D eigenvalue weighted by molar-refractivity contribution is 5.81. The fraction of sp³-hybridized carbons (Fsp3) is 0.318. The summed E-state index contributed by atoms with van der Waals surface area (Å²) >= 11 is 0. The molecule has 1 aromatic heterocycles. The van der Waals surface area contributed by atoms with Crippen LogP contribution in [0, 0.1) is 13.8 Å². The average molecular weight is 360 g/mol. The van der Waals surface area contributed by atoms with Crippen molar-refractivity contribution >= 4 is 5.95 Å². The third kappa shape index (κ3) is 3.55. The molecule has 0 atom stereocenters. The van der Waals surface area contributed by atoms with Gasteiger partial charge >= 0.3 is 0 Å². The molecule has 0 aliphatic carbocycles. The number of aliphatic hydroxyl groups is 1. The molecule has 0 saturated carbocycles. The molecule has 138 valence electrons. The summed E-state index contributed by atoms with van der Waals surface area (Å²) < 4.78 is 0. The lowest BCUT2D eigenvalue weighted by molar-refractivity contribution is 0.145. The van der Waals surface area contributed by atoms with Crippen LogP contribution in [0.1, 0.15) is 24.0 Å². The van der Waals surface area contributed by atoms with E-state index in [1.807, 2.05) is 24.3 Å². The van der Waals surface area contributed by atoms with Crippen LogP contribution in [0.4, 0.5) is 5.95 Å². The molecule has 2 aromatic carbocycles. The summed E-state index contributed by atoms with van der Waals surface area (Å²) in [5, 5.41) is 18.8. The average Bonchev–Trinajstić information content (AvgIpc) is 2.69. The number of aromatic nitrogens is 3. The van der Waals surface area contributed by atoms with Gasteiger partial charge in [-0.15, -0.1) is 10.2 Å². The van der Waals surface area contributed by atoms with Crippen molar-refractivity contribution in [3.05, 3.63) is 59.7 Å². The molecular formula is C22H24N4O. The van der Waals surface area contributed by atoms with Crippen LogP contribution in [0.25, 0.3) is 22.5 Å². The van der Waals surface area contributed by atoms with E-state index in [4.69, 9.17) is 4.98 Å². The first-order valence-electron chi connectivity index (χ1n) is 9.43. The Labute approximate surface area is 159 Å². The summed E-state index contributed by atoms with van der Waals surface area (Å²) in [7, 11) is 0. The summed E-state index contributed by atoms with van der Waals surface area (Å²) in [4.78, 5) is 7.05. The topological polar surface area (TPSA) is 62.1 Å². The van der Waals surface area contributed by atoms with E-state index in [2.05, 4.69) is 53.2 Å². The van der Waals surface area contributed by atoms with Crippen molar-refractivity contribution in [3.8, 4) is 22.5 Å². The molecule has 27 heavy (non-hydrogen) atoms. The summed E-state index contributed by atoms with van der Waals surface area (Å²) in [5.41, 5.74) is 6.10. The number of hydrogen-bond acceptors (Lipinski definition) is 5. The second-order valence-corrected chi connectivity index (χ2v) is 7.16. The van der Waals surface area contributed by atoms with E-state index in [9.17, 15) is 5.11 Å². The number of hydrogen-bond donors (Lipinski definition) is 1. The molecule has 4 rings (SSSR count). The van der Waals surface area contributed by atoms with Crippen molar-refractivity contribution in [1.82, 2.24) is 15.2 Å². The molecule has 0 bridgehead atoms. The van der Waals surface area contributed by atoms with Gasteiger partial charge in [0.25, 0.3) is 0 Å². The van der Waals surface area contributed by atoms with Gasteiger partial charge in [-0.05, 0) is 37.8 Å². The molecule has 3 aromatic rings. The van der Waals surface area contributed by atoms with E-state index >= 15 is 0 Å². The second kappa shape index (κ2) is 7.45. The summed E-state index contributed by atoms with van der Waals surface area (Å²) in [6, 6.07) is 16.4. The number of nitrogens with zero attached hydrogens (tertiary/aromatic N) is 4. The lowest BCUT2D eigenvalue weighted by atomic mass is 9.98. The van der Waals surface area contributed by atoms with Gasteiger partial charge < -0.3 is 10.0 Å². The third-order valence-electron chi connectivity index (χ3n) is 5.22. The molecule has 1 saturated heterocycles. The van der Waals surface area contributed by atoms with Gasteiger partial charge in [-0.2, -0.15) is 0 Å². The molecule has 0 amide bonds. The number of anilines is 1. The molecular weight excluding hydrogens is 336 g/mol. The number of piperidine rings is 1. The van der Waals surface area contributed by atoms with Crippen LogP contribution in [0.5, 0.6) is 0 Å². The normalized spacial score (nSPS) is 15.1. The van der Waals surface area contributed by atoms with Crippen molar-refractivity contribution < 1.29 is 5.11 Å². The Kier molecular flexibility index (Phi) is 4.86. The zero-order valence-corrected chi connectivity index (χ0v) is 15.8. The maximum Gasteiger partial charge on any atom is 0.245 e. The molecule has 0 spiro atoms. The van der Waals surface area contributed by atoms with Crippen molar-refractivity contribution in [2.24, 2.45) is 0 Å². The van der Waals surface area contributed by atoms with Gasteiger partial charge in [0.2, 0.25) is 5.95 Å². The Bertz CT molecular complexity index is 949. The number of aliphatic hydroxyl groups excluding tert-OH is 1. The molecule has 0 radical (unpaired) electrons. The van der Waals surface area contributed by atoms with E-state index in [-0.39, 0.29) is 6.10 Å². The molecule has 5 heteroatoms. The Morgan fingerprint density at radius 3 is 1.96 bits per heavy atom. The van der Waals surface area contributed by atoms with Crippen LogP contribution in [-0.2, 0) is 0 Å². The molecule has 0 unspecified atom stereocenters. The van der Waals surface area contributed by atoms with Gasteiger partial charge in [-0.1, -0.05) is 48.5 Å². The minimum Gasteiger partial charge on any atom is -0.393 e. The predicted molar refractivity (Wildman–Crippen MR) is 108 cm³/mol. The summed E-state index contributed by atoms with van der Waals surface area (Å²) in [6.07, 6.45) is 1.25. The van der Waals surface area contributed by atoms with Crippen molar-refractivity contribution in [2.75, 3.05) is 18.0 Å². The van der Waals surface area contributed by atoms with E-state index in [0.717, 1.165) is 59.6 Å². The van der Waals surface area contributed by atoms with Crippen molar-refractivity contribution in [1.29, 1.82) is 0 Å². The Balaban J connectivity index is 1.85. The fourth-order valence-corrected chi connectivity index (χ4v) is 3.56. The maximum atomic E-state index is 9.78. The van der Waals surface area contributed by atoms with Crippen LogP contribution < -0.4 is 4.90 Å². The molecule has 2 heterocycles. The highest BCUT2D eigenvalue weighted by Crippen LogP contribution is 2.33. The van der Waals surface area contributed by atoms with Gasteiger partial charge in [0.15, 0.2) is 0 Å². The first-order chi connectivity index (χ1) is 13.1. The summed E-state index contributed by atoms with van der Waals surface area (Å²) in [5.74, 6) is 0.637. The number of aryl methyl sites for hydroxylation is 2. The lowest BCUT2D eigenvalue weighted by Crippen LogP contribution is -2.37. The largest absolute Gasteiger partial charge is 0.393 e. The van der Waals surface area contributed by atoms with Crippen molar-refractivity contribution in [2.45, 2.75) is 32.8 Å². The zero-order valence-electron chi connectivity index (χ0n) is 15.8. The highest BCUT2D eigenvalue weighted by atomic mass is 16.3. The van der Waals surface area contributed by atoms with E-state index in [1.165, 1.54) is 0 Å². The maximum absolute atomic E-state index is 9.78. The molecule has 1 aliphatic rings. The highest BCUT2D eigenvalue weighted by Gasteiger charge is 2.22. The SMILES string of the molecule is Cc1ccccc1-c1nnc(N2CCC(O)CC2)nc1-c1ccccc1C. The van der Waals surface area contributed by atoms with E-state index in [0.29, 0.717) is 5.95 Å². The van der Waals surface area contributed by atoms with Gasteiger partial charge in [-0.3, -0.25) is 0 Å². The minimum atomic E-state index is -0.226. The van der Waals surface area contributed by atoms with Gasteiger partial charge in [0.05, 0.1) is 6.10 Å². The standard InChI is InChI=1S/C22H24N4O/c1-15-7-3-5-9-18(15)20-21(19-10-6-4-8-16(19)2)24-25-22(23-20)26-13-11-17(27)12-14-26/h3-10,17,27H,11-14H2,1-2H3. The van der Waals surface area contributed by atoms with Crippen LogP contribution in [0.15, 0.2) is 48.5 Å². The van der Waals surface area contributed by atoms with Crippen LogP contribution in [0.3, 0.4) is 0 Å². The smallest absolute Gasteiger partial charge is 0.245 e. The molecule has 1 N–H and O–H groups in total. The monoisotopic (exact) mass is 360 g/mol. The second-order valence-electron chi connectivity index (χ2n) is 7.16. The van der Waals surface area contributed by atoms with E-state index < -0.39 is 0 Å². The zero-order chi connectivity index (χ0) is 18.8. The third-order valence-corrected chi connectivity index (χ3v) is 5.22. The van der Waals surface area contributed by atoms with Gasteiger partial charge in [0.1, 0.15) is 11.4 Å². The van der Waals surface area contributed by atoms with Crippen LogP contribution in [-0.4, -0.2) is 39.5 Å². The quantitative estimate of drug-likeness (QED) is 0.770. The number of benzene rings is 2. The Morgan fingerprint density at radius 2 is 1.37 bits per heavy atom. The van der Waals surface area contributed by atoms with E-state index in [1.54, 1.807) is 0 Å². The van der Waals surface area contributed by atoms with Gasteiger partial charge in [0, 0.05) is 24.2 Å². The predicted octanol–water partition coefficient (Wildman–Crippen LogP) is 3.78. The summed E-state index contributed by atoms with van der Waals surface area (Å²) in [6.45, 7) is 5.67. The molecule has 1 fully saturated rings. The van der Waals surface area contributed by atoms with Gasteiger partial charge in [-0.25, -0.2) is 4.98 Å². The Hall–Kier alpha value is -2.79. The first kappa shape index (κ1) is 17.6. The van der Waals surface area contributed by atoms with Crippen LogP contribution in [0.2, 0.25) is 0 Å². The number of rotatable bonds is 3. The fourth-order valence-electron chi connectivity index (χ4n) is 3.56. The minimum absolute atomic E-state index is 0.226. The molecule has 1 aliphatic heterocycles. The first-order valence-corrected chi connectivity index (χ1v) is 9.43. The lowest BCUT2D eigenvalue weighted by Gasteiger charge is -2.29.